The van der Waals surface area contributed by atoms with Gasteiger partial charge in [-0.25, -0.2) is 23.1 Å². The topological polar surface area (TPSA) is 138 Å². The van der Waals surface area contributed by atoms with Crippen LogP contribution in [-0.4, -0.2) is 35.4 Å². The standard InChI is InChI=1S/C17H20N4O5S/c1-11-10-12(2)19-17(18-11)21-27(25,26)14-8-6-13(7-9-14)20-15(22)4-3-5-16(23)24/h6-10H,3-5H2,1-2H3,(H,20,22)(H,23,24)(H,18,19,21). The van der Waals surface area contributed by atoms with E-state index in [2.05, 4.69) is 20.0 Å². The molecule has 0 saturated carbocycles. The van der Waals surface area contributed by atoms with Gasteiger partial charge in [0.1, 0.15) is 0 Å². The first kappa shape index (κ1) is 20.3. The van der Waals surface area contributed by atoms with Crippen molar-refractivity contribution in [3.8, 4) is 0 Å². The van der Waals surface area contributed by atoms with Crippen LogP contribution in [0.2, 0.25) is 0 Å². The summed E-state index contributed by atoms with van der Waals surface area (Å²) in [4.78, 5) is 30.2. The molecule has 1 heterocycles. The zero-order valence-corrected chi connectivity index (χ0v) is 15.7. The number of rotatable bonds is 8. The number of carbonyl (C=O) groups excluding carboxylic acids is 1. The Hall–Kier alpha value is -3.01. The molecule has 1 aromatic carbocycles. The van der Waals surface area contributed by atoms with Crippen LogP contribution in [0, 0.1) is 13.8 Å². The maximum Gasteiger partial charge on any atom is 0.303 e. The maximum atomic E-state index is 12.4. The minimum atomic E-state index is -3.87. The molecule has 0 spiro atoms. The lowest BCUT2D eigenvalue weighted by Gasteiger charge is -2.09. The molecule has 27 heavy (non-hydrogen) atoms. The first-order valence-corrected chi connectivity index (χ1v) is 9.61. The lowest BCUT2D eigenvalue weighted by Crippen LogP contribution is -2.16. The van der Waals surface area contributed by atoms with Gasteiger partial charge in [0, 0.05) is 29.9 Å². The number of carboxylic acids is 1. The highest BCUT2D eigenvalue weighted by Crippen LogP contribution is 2.17. The number of carbonyl (C=O) groups is 2. The molecular weight excluding hydrogens is 372 g/mol. The minimum absolute atomic E-state index is 0.00543. The molecule has 2 rings (SSSR count). The third-order valence-corrected chi connectivity index (χ3v) is 4.79. The van der Waals surface area contributed by atoms with Gasteiger partial charge >= 0.3 is 5.97 Å². The number of aromatic nitrogens is 2. The number of nitrogens with one attached hydrogen (secondary N) is 2. The molecule has 0 unspecified atom stereocenters. The number of hydrogen-bond donors (Lipinski definition) is 3. The molecule has 0 fully saturated rings. The number of carboxylic acid groups (broad SMARTS) is 1. The van der Waals surface area contributed by atoms with Gasteiger partial charge in [0.2, 0.25) is 11.9 Å². The Morgan fingerprint density at radius 3 is 2.19 bits per heavy atom. The lowest BCUT2D eigenvalue weighted by atomic mass is 10.2. The fraction of sp³-hybridized carbons (Fsp3) is 0.294. The van der Waals surface area contributed by atoms with Crippen LogP contribution in [-0.2, 0) is 19.6 Å². The second-order valence-corrected chi connectivity index (χ2v) is 7.58. The highest BCUT2D eigenvalue weighted by molar-refractivity contribution is 7.92. The Balaban J connectivity index is 2.02. The van der Waals surface area contributed by atoms with Crippen molar-refractivity contribution in [3.63, 3.8) is 0 Å². The average Bonchev–Trinajstić information content (AvgIpc) is 2.53. The van der Waals surface area contributed by atoms with E-state index in [0.717, 1.165) is 0 Å². The number of sulfonamides is 1. The smallest absolute Gasteiger partial charge is 0.303 e. The summed E-state index contributed by atoms with van der Waals surface area (Å²) >= 11 is 0. The minimum Gasteiger partial charge on any atom is -0.481 e. The second kappa shape index (κ2) is 8.58. The first-order valence-electron chi connectivity index (χ1n) is 8.12. The lowest BCUT2D eigenvalue weighted by molar-refractivity contribution is -0.137. The van der Waals surface area contributed by atoms with Crippen LogP contribution in [0.5, 0.6) is 0 Å². The molecule has 2 aromatic rings. The molecule has 1 amide bonds. The van der Waals surface area contributed by atoms with Gasteiger partial charge < -0.3 is 10.4 Å². The Morgan fingerprint density at radius 1 is 1.04 bits per heavy atom. The van der Waals surface area contributed by atoms with Gasteiger partial charge in [-0.15, -0.1) is 0 Å². The van der Waals surface area contributed by atoms with Crippen molar-refractivity contribution in [3.05, 3.63) is 41.7 Å². The number of nitrogens with zero attached hydrogens (tertiary/aromatic N) is 2. The average molecular weight is 392 g/mol. The van der Waals surface area contributed by atoms with E-state index < -0.39 is 16.0 Å². The summed E-state index contributed by atoms with van der Waals surface area (Å²) in [6.07, 6.45) is 0.211. The molecule has 1 aromatic heterocycles. The van der Waals surface area contributed by atoms with Crippen LogP contribution in [0.3, 0.4) is 0 Å². The van der Waals surface area contributed by atoms with E-state index in [9.17, 15) is 18.0 Å². The summed E-state index contributed by atoms with van der Waals surface area (Å²) in [5.74, 6) is -1.31. The zero-order chi connectivity index (χ0) is 20.0. The molecule has 0 aliphatic rings. The van der Waals surface area contributed by atoms with Gasteiger partial charge in [-0.3, -0.25) is 9.59 Å². The summed E-state index contributed by atoms with van der Waals surface area (Å²) in [7, 11) is -3.87. The van der Waals surface area contributed by atoms with E-state index in [-0.39, 0.29) is 36.0 Å². The Bertz CT molecular complexity index is 922. The van der Waals surface area contributed by atoms with Gasteiger partial charge in [0.05, 0.1) is 4.90 Å². The summed E-state index contributed by atoms with van der Waals surface area (Å²) in [5.41, 5.74) is 1.69. The van der Waals surface area contributed by atoms with Gasteiger partial charge in [-0.05, 0) is 50.6 Å². The van der Waals surface area contributed by atoms with Crippen molar-refractivity contribution < 1.29 is 23.1 Å². The van der Waals surface area contributed by atoms with E-state index in [0.29, 0.717) is 17.1 Å². The van der Waals surface area contributed by atoms with Gasteiger partial charge in [0.15, 0.2) is 0 Å². The number of benzene rings is 1. The van der Waals surface area contributed by atoms with Gasteiger partial charge in [-0.1, -0.05) is 0 Å². The molecule has 3 N–H and O–H groups in total. The van der Waals surface area contributed by atoms with Crippen molar-refractivity contribution >= 4 is 33.5 Å². The van der Waals surface area contributed by atoms with Gasteiger partial charge in [0.25, 0.3) is 10.0 Å². The van der Waals surface area contributed by atoms with Crippen molar-refractivity contribution in [1.82, 2.24) is 9.97 Å². The van der Waals surface area contributed by atoms with Gasteiger partial charge in [-0.2, -0.15) is 0 Å². The SMILES string of the molecule is Cc1cc(C)nc(NS(=O)(=O)c2ccc(NC(=O)CCCC(=O)O)cc2)n1. The van der Waals surface area contributed by atoms with E-state index >= 15 is 0 Å². The maximum absolute atomic E-state index is 12.4. The molecule has 0 aliphatic heterocycles. The largest absolute Gasteiger partial charge is 0.481 e. The summed E-state index contributed by atoms with van der Waals surface area (Å²) in [6, 6.07) is 7.32. The van der Waals surface area contributed by atoms with E-state index in [1.165, 1.54) is 24.3 Å². The molecule has 0 atom stereocenters. The Morgan fingerprint density at radius 2 is 1.63 bits per heavy atom. The Labute approximate surface area is 156 Å². The predicted octanol–water partition coefficient (Wildman–Crippen LogP) is 2.09. The van der Waals surface area contributed by atoms with E-state index in [1.54, 1.807) is 19.9 Å². The van der Waals surface area contributed by atoms with Crippen molar-refractivity contribution in [2.75, 3.05) is 10.0 Å². The summed E-state index contributed by atoms with van der Waals surface area (Å²) in [5, 5.41) is 11.1. The monoisotopic (exact) mass is 392 g/mol. The first-order chi connectivity index (χ1) is 12.7. The third-order valence-electron chi connectivity index (χ3n) is 3.45. The fourth-order valence-corrected chi connectivity index (χ4v) is 3.24. The number of aliphatic carboxylic acids is 1. The van der Waals surface area contributed by atoms with Crippen molar-refractivity contribution in [1.29, 1.82) is 0 Å². The molecule has 0 aliphatic carbocycles. The Kier molecular flexibility index (Phi) is 6.45. The molecular formula is C17H20N4O5S. The number of aryl methyl sites for hydroxylation is 2. The second-order valence-electron chi connectivity index (χ2n) is 5.90. The molecule has 0 radical (unpaired) electrons. The van der Waals surface area contributed by atoms with Crippen LogP contribution < -0.4 is 10.0 Å². The zero-order valence-electron chi connectivity index (χ0n) is 14.9. The highest BCUT2D eigenvalue weighted by atomic mass is 32.2. The highest BCUT2D eigenvalue weighted by Gasteiger charge is 2.16. The normalized spacial score (nSPS) is 11.0. The molecule has 0 bridgehead atoms. The van der Waals surface area contributed by atoms with Crippen molar-refractivity contribution in [2.45, 2.75) is 38.0 Å². The number of hydrogen-bond acceptors (Lipinski definition) is 6. The number of anilines is 2. The molecule has 0 saturated heterocycles. The van der Waals surface area contributed by atoms with Crippen LogP contribution in [0.4, 0.5) is 11.6 Å². The molecule has 10 heteroatoms. The van der Waals surface area contributed by atoms with Crippen molar-refractivity contribution in [2.24, 2.45) is 0 Å². The van der Waals surface area contributed by atoms with E-state index in [1.807, 2.05) is 0 Å². The quantitative estimate of drug-likeness (QED) is 0.625. The third kappa shape index (κ3) is 6.33. The van der Waals surface area contributed by atoms with Crippen LogP contribution in [0.25, 0.3) is 0 Å². The predicted molar refractivity (Wildman–Crippen MR) is 98.9 cm³/mol. The molecule has 144 valence electrons. The summed E-state index contributed by atoms with van der Waals surface area (Å²) < 4.78 is 27.2. The number of amides is 1. The van der Waals surface area contributed by atoms with Crippen LogP contribution >= 0.6 is 0 Å². The summed E-state index contributed by atoms with van der Waals surface area (Å²) in [6.45, 7) is 3.47. The van der Waals surface area contributed by atoms with Crippen LogP contribution in [0.1, 0.15) is 30.7 Å². The van der Waals surface area contributed by atoms with Crippen LogP contribution in [0.15, 0.2) is 35.2 Å². The molecule has 9 nitrogen and oxygen atoms in total. The van der Waals surface area contributed by atoms with E-state index in [4.69, 9.17) is 5.11 Å². The fourth-order valence-electron chi connectivity index (χ4n) is 2.29.